The van der Waals surface area contributed by atoms with E-state index in [4.69, 9.17) is 0 Å². The number of carbonyl (C=O) groups excluding carboxylic acids is 1. The average Bonchev–Trinajstić information content (AvgIpc) is 2.85. The molecule has 1 amide bonds. The van der Waals surface area contributed by atoms with Crippen molar-refractivity contribution in [2.24, 2.45) is 0 Å². The third-order valence-corrected chi connectivity index (χ3v) is 5.16. The molecule has 0 bridgehead atoms. The van der Waals surface area contributed by atoms with Crippen molar-refractivity contribution in [1.29, 1.82) is 0 Å². The monoisotopic (exact) mass is 315 g/mol. The van der Waals surface area contributed by atoms with E-state index in [-0.39, 0.29) is 5.91 Å². The Hall–Kier alpha value is -1.58. The van der Waals surface area contributed by atoms with Gasteiger partial charge in [0.15, 0.2) is 0 Å². The van der Waals surface area contributed by atoms with Gasteiger partial charge in [0.05, 0.1) is 11.9 Å². The highest BCUT2D eigenvalue weighted by atomic mass is 16.1. The third-order valence-electron chi connectivity index (χ3n) is 5.16. The highest BCUT2D eigenvalue weighted by molar-refractivity contribution is 5.92. The molecule has 23 heavy (non-hydrogen) atoms. The number of nitrogens with zero attached hydrogens (tertiary/aromatic N) is 1. The summed E-state index contributed by atoms with van der Waals surface area (Å²) in [5.74, 6) is -0.0297. The molecule has 1 aromatic rings. The molecule has 0 radical (unpaired) electrons. The number of hydrogen-bond acceptors (Lipinski definition) is 3. The van der Waals surface area contributed by atoms with Crippen LogP contribution in [-0.4, -0.2) is 23.0 Å². The maximum Gasteiger partial charge on any atom is 0.270 e. The molecule has 3 rings (SSSR count). The van der Waals surface area contributed by atoms with Crippen LogP contribution < -0.4 is 10.6 Å². The van der Waals surface area contributed by atoms with Crippen LogP contribution >= 0.6 is 0 Å². The molecule has 126 valence electrons. The zero-order valence-corrected chi connectivity index (χ0v) is 14.0. The molecule has 0 aromatic carbocycles. The van der Waals surface area contributed by atoms with Crippen molar-refractivity contribution in [3.8, 4) is 0 Å². The van der Waals surface area contributed by atoms with Gasteiger partial charge < -0.3 is 10.6 Å². The molecule has 0 atom stereocenters. The van der Waals surface area contributed by atoms with Crippen molar-refractivity contribution in [3.63, 3.8) is 0 Å². The lowest BCUT2D eigenvalue weighted by Crippen LogP contribution is -2.36. The first-order valence-electron chi connectivity index (χ1n) is 9.35. The Bertz CT molecular complexity index is 486. The molecule has 2 aliphatic carbocycles. The Morgan fingerprint density at radius 1 is 0.870 bits per heavy atom. The second-order valence-electron chi connectivity index (χ2n) is 7.07. The van der Waals surface area contributed by atoms with E-state index in [2.05, 4.69) is 15.6 Å². The number of carbonyl (C=O) groups is 1. The van der Waals surface area contributed by atoms with Gasteiger partial charge in [-0.05, 0) is 37.8 Å². The number of pyridine rings is 1. The normalized spacial score (nSPS) is 20.7. The molecule has 2 aliphatic rings. The van der Waals surface area contributed by atoms with Crippen LogP contribution in [0, 0.1) is 0 Å². The minimum Gasteiger partial charge on any atom is -0.381 e. The van der Waals surface area contributed by atoms with E-state index in [1.54, 1.807) is 6.20 Å². The second-order valence-corrected chi connectivity index (χ2v) is 7.07. The minimum atomic E-state index is -0.0297. The molecule has 0 aliphatic heterocycles. The fraction of sp³-hybridized carbons (Fsp3) is 0.684. The van der Waals surface area contributed by atoms with Gasteiger partial charge in [0.2, 0.25) is 0 Å². The summed E-state index contributed by atoms with van der Waals surface area (Å²) >= 11 is 0. The predicted octanol–water partition coefficient (Wildman–Crippen LogP) is 4.28. The van der Waals surface area contributed by atoms with Crippen molar-refractivity contribution in [1.82, 2.24) is 10.3 Å². The van der Waals surface area contributed by atoms with Crippen molar-refractivity contribution < 1.29 is 4.79 Å². The van der Waals surface area contributed by atoms with E-state index >= 15 is 0 Å². The summed E-state index contributed by atoms with van der Waals surface area (Å²) in [6, 6.07) is 4.73. The first kappa shape index (κ1) is 16.3. The number of aromatic nitrogens is 1. The first-order chi connectivity index (χ1) is 11.3. The molecule has 1 aromatic heterocycles. The molecule has 2 fully saturated rings. The summed E-state index contributed by atoms with van der Waals surface area (Å²) < 4.78 is 0. The van der Waals surface area contributed by atoms with E-state index in [1.807, 2.05) is 12.1 Å². The molecule has 2 N–H and O–H groups in total. The molecule has 1 heterocycles. The molecule has 0 saturated heterocycles. The molecule has 2 saturated carbocycles. The number of amides is 1. The molecular weight excluding hydrogens is 286 g/mol. The van der Waals surface area contributed by atoms with E-state index in [1.165, 1.54) is 57.8 Å². The minimum absolute atomic E-state index is 0.0297. The number of rotatable bonds is 4. The maximum atomic E-state index is 12.3. The Kier molecular flexibility index (Phi) is 5.89. The Morgan fingerprint density at radius 2 is 1.48 bits per heavy atom. The number of nitrogens with one attached hydrogen (secondary N) is 2. The Labute approximate surface area is 139 Å². The van der Waals surface area contributed by atoms with Gasteiger partial charge >= 0.3 is 0 Å². The zero-order chi connectivity index (χ0) is 15.9. The lowest BCUT2D eigenvalue weighted by molar-refractivity contribution is 0.0922. The summed E-state index contributed by atoms with van der Waals surface area (Å²) in [6.45, 7) is 0. The highest BCUT2D eigenvalue weighted by Crippen LogP contribution is 2.21. The summed E-state index contributed by atoms with van der Waals surface area (Å²) in [5, 5.41) is 6.70. The first-order valence-corrected chi connectivity index (χ1v) is 9.35. The van der Waals surface area contributed by atoms with Crippen LogP contribution in [0.3, 0.4) is 0 Å². The van der Waals surface area contributed by atoms with Crippen LogP contribution in [0.25, 0.3) is 0 Å². The summed E-state index contributed by atoms with van der Waals surface area (Å²) in [7, 11) is 0. The van der Waals surface area contributed by atoms with Crippen LogP contribution in [0.4, 0.5) is 5.69 Å². The van der Waals surface area contributed by atoms with Gasteiger partial charge in [0.1, 0.15) is 5.69 Å². The summed E-state index contributed by atoms with van der Waals surface area (Å²) in [4.78, 5) is 16.6. The molecule has 0 spiro atoms. The third kappa shape index (κ3) is 4.95. The van der Waals surface area contributed by atoms with Gasteiger partial charge in [-0.1, -0.05) is 44.9 Å². The topological polar surface area (TPSA) is 54.0 Å². The van der Waals surface area contributed by atoms with Gasteiger partial charge in [-0.2, -0.15) is 0 Å². The van der Waals surface area contributed by atoms with E-state index in [0.29, 0.717) is 17.8 Å². The Morgan fingerprint density at radius 3 is 2.09 bits per heavy atom. The second kappa shape index (κ2) is 8.32. The number of hydrogen-bond donors (Lipinski definition) is 2. The Balaban J connectivity index is 1.52. The lowest BCUT2D eigenvalue weighted by atomic mass is 9.95. The van der Waals surface area contributed by atoms with Gasteiger partial charge in [-0.3, -0.25) is 4.79 Å². The van der Waals surface area contributed by atoms with Gasteiger partial charge in [-0.15, -0.1) is 0 Å². The van der Waals surface area contributed by atoms with E-state index < -0.39 is 0 Å². The SMILES string of the molecule is O=C(NC1CCCCC1)c1ccc(NC2CCCCCC2)cn1. The molecule has 4 heteroatoms. The van der Waals surface area contributed by atoms with Crippen LogP contribution in [0.5, 0.6) is 0 Å². The zero-order valence-electron chi connectivity index (χ0n) is 14.0. The van der Waals surface area contributed by atoms with Gasteiger partial charge in [0.25, 0.3) is 5.91 Å². The average molecular weight is 315 g/mol. The summed E-state index contributed by atoms with van der Waals surface area (Å²) in [6.07, 6.45) is 15.6. The predicted molar refractivity (Wildman–Crippen MR) is 93.7 cm³/mol. The molecule has 0 unspecified atom stereocenters. The largest absolute Gasteiger partial charge is 0.381 e. The summed E-state index contributed by atoms with van der Waals surface area (Å²) in [5.41, 5.74) is 1.56. The van der Waals surface area contributed by atoms with Crippen LogP contribution in [-0.2, 0) is 0 Å². The van der Waals surface area contributed by atoms with Crippen molar-refractivity contribution in [2.75, 3.05) is 5.32 Å². The van der Waals surface area contributed by atoms with Gasteiger partial charge in [0, 0.05) is 12.1 Å². The highest BCUT2D eigenvalue weighted by Gasteiger charge is 2.17. The van der Waals surface area contributed by atoms with Gasteiger partial charge in [-0.25, -0.2) is 4.98 Å². The van der Waals surface area contributed by atoms with Crippen molar-refractivity contribution in [3.05, 3.63) is 24.0 Å². The standard InChI is InChI=1S/C19H29N3O/c23-19(22-16-10-6-3-7-11-16)18-13-12-17(14-20-18)21-15-8-4-1-2-5-9-15/h12-16,21H,1-11H2,(H,22,23). The van der Waals surface area contributed by atoms with Crippen molar-refractivity contribution in [2.45, 2.75) is 82.7 Å². The quantitative estimate of drug-likeness (QED) is 0.815. The smallest absolute Gasteiger partial charge is 0.270 e. The lowest BCUT2D eigenvalue weighted by Gasteiger charge is -2.22. The van der Waals surface area contributed by atoms with Crippen LogP contribution in [0.1, 0.15) is 81.1 Å². The van der Waals surface area contributed by atoms with E-state index in [9.17, 15) is 4.79 Å². The van der Waals surface area contributed by atoms with Crippen molar-refractivity contribution >= 4 is 11.6 Å². The fourth-order valence-electron chi connectivity index (χ4n) is 3.78. The maximum absolute atomic E-state index is 12.3. The van der Waals surface area contributed by atoms with Crippen LogP contribution in [0.15, 0.2) is 18.3 Å². The van der Waals surface area contributed by atoms with Crippen LogP contribution in [0.2, 0.25) is 0 Å². The fourth-order valence-corrected chi connectivity index (χ4v) is 3.78. The number of anilines is 1. The van der Waals surface area contributed by atoms with E-state index in [0.717, 1.165) is 18.5 Å². The molecule has 4 nitrogen and oxygen atoms in total. The molecular formula is C19H29N3O.